The van der Waals surface area contributed by atoms with Crippen molar-refractivity contribution in [2.75, 3.05) is 7.11 Å². The maximum absolute atomic E-state index is 14.3. The molecule has 0 saturated carbocycles. The molecule has 3 aromatic rings. The van der Waals surface area contributed by atoms with E-state index in [1.54, 1.807) is 24.3 Å². The van der Waals surface area contributed by atoms with Crippen LogP contribution in [0, 0.1) is 17.1 Å². The molecule has 7 nitrogen and oxygen atoms in total. The van der Waals surface area contributed by atoms with Crippen LogP contribution in [-0.2, 0) is 11.2 Å². The summed E-state index contributed by atoms with van der Waals surface area (Å²) in [5.41, 5.74) is 2.60. The molecule has 0 heterocycles. The number of hydrogen-bond acceptors (Lipinski definition) is 5. The van der Waals surface area contributed by atoms with Gasteiger partial charge >= 0.3 is 5.97 Å². The zero-order valence-electron chi connectivity index (χ0n) is 19.2. The van der Waals surface area contributed by atoms with E-state index in [2.05, 4.69) is 23.6 Å². The van der Waals surface area contributed by atoms with Gasteiger partial charge in [0, 0.05) is 28.1 Å². The maximum Gasteiger partial charge on any atom is 0.326 e. The second-order valence-corrected chi connectivity index (χ2v) is 8.00. The van der Waals surface area contributed by atoms with E-state index in [0.717, 1.165) is 6.07 Å². The molecule has 1 atom stereocenters. The van der Waals surface area contributed by atoms with Crippen molar-refractivity contribution in [3.05, 3.63) is 88.2 Å². The molecule has 0 aromatic heterocycles. The molecular weight excluding hydrogens is 485 g/mol. The fourth-order valence-corrected chi connectivity index (χ4v) is 4.07. The summed E-state index contributed by atoms with van der Waals surface area (Å²) in [6.07, 6.45) is 1.35. The van der Waals surface area contributed by atoms with E-state index in [9.17, 15) is 19.1 Å². The Morgan fingerprint density at radius 3 is 2.58 bits per heavy atom. The van der Waals surface area contributed by atoms with E-state index < -0.39 is 29.3 Å². The molecule has 0 unspecified atom stereocenters. The predicted octanol–water partition coefficient (Wildman–Crippen LogP) is 5.43. The Labute approximate surface area is 212 Å². The molecule has 3 rings (SSSR count). The molecule has 0 radical (unpaired) electrons. The number of carboxylic acid groups (broad SMARTS) is 1. The lowest BCUT2D eigenvalue weighted by Gasteiger charge is -2.19. The van der Waals surface area contributed by atoms with Crippen LogP contribution in [0.4, 0.5) is 10.1 Å². The summed E-state index contributed by atoms with van der Waals surface area (Å²) in [5, 5.41) is 21.6. The molecule has 0 spiro atoms. The van der Waals surface area contributed by atoms with Gasteiger partial charge in [0.1, 0.15) is 23.2 Å². The molecule has 0 aliphatic carbocycles. The summed E-state index contributed by atoms with van der Waals surface area (Å²) in [4.78, 5) is 28.9. The van der Waals surface area contributed by atoms with Crippen LogP contribution < -0.4 is 10.1 Å². The molecule has 0 saturated heterocycles. The number of carboxylic acids is 1. The summed E-state index contributed by atoms with van der Waals surface area (Å²) in [7, 11) is 1.28. The lowest BCUT2D eigenvalue weighted by molar-refractivity contribution is -0.139. The first-order chi connectivity index (χ1) is 17.2. The molecule has 9 heteroatoms. The largest absolute Gasteiger partial charge is 0.496 e. The van der Waals surface area contributed by atoms with Gasteiger partial charge in [0.25, 0.3) is 5.91 Å². The molecule has 1 amide bonds. The minimum atomic E-state index is -1.40. The van der Waals surface area contributed by atoms with Gasteiger partial charge < -0.3 is 15.2 Å². The van der Waals surface area contributed by atoms with Crippen molar-refractivity contribution in [3.63, 3.8) is 0 Å². The van der Waals surface area contributed by atoms with Crippen molar-refractivity contribution in [2.45, 2.75) is 12.5 Å². The number of benzene rings is 3. The van der Waals surface area contributed by atoms with E-state index in [0.29, 0.717) is 38.5 Å². The van der Waals surface area contributed by atoms with Gasteiger partial charge in [-0.05, 0) is 36.5 Å². The van der Waals surface area contributed by atoms with E-state index in [1.165, 1.54) is 31.4 Å². The van der Waals surface area contributed by atoms with Crippen LogP contribution in [0.2, 0.25) is 5.02 Å². The molecule has 0 fully saturated rings. The van der Waals surface area contributed by atoms with E-state index in [1.807, 2.05) is 6.07 Å². The maximum atomic E-state index is 14.3. The number of aliphatic imine (C=N–C) groups is 1. The highest BCUT2D eigenvalue weighted by atomic mass is 35.5. The first-order valence-electron chi connectivity index (χ1n) is 10.6. The van der Waals surface area contributed by atoms with Crippen LogP contribution >= 0.6 is 11.6 Å². The number of methoxy groups -OCH3 is 1. The second kappa shape index (κ2) is 11.3. The Hall–Kier alpha value is -4.48. The minimum absolute atomic E-state index is 0.0230. The Morgan fingerprint density at radius 2 is 2.00 bits per heavy atom. The van der Waals surface area contributed by atoms with Crippen LogP contribution in [0.1, 0.15) is 27.0 Å². The Kier molecular flexibility index (Phi) is 8.20. The first-order valence-corrected chi connectivity index (χ1v) is 10.9. The quantitative estimate of drug-likeness (QED) is 0.377. The average Bonchev–Trinajstić information content (AvgIpc) is 2.87. The zero-order valence-corrected chi connectivity index (χ0v) is 20.0. The van der Waals surface area contributed by atoms with Crippen molar-refractivity contribution < 1.29 is 23.8 Å². The van der Waals surface area contributed by atoms with Crippen LogP contribution in [0.25, 0.3) is 17.2 Å². The number of ether oxygens (including phenoxy) is 1. The Bertz CT molecular complexity index is 1410. The third kappa shape index (κ3) is 5.27. The molecule has 0 aliphatic rings. The third-order valence-corrected chi connectivity index (χ3v) is 5.82. The fourth-order valence-electron chi connectivity index (χ4n) is 3.79. The number of nitrogens with zero attached hydrogens (tertiary/aromatic N) is 2. The normalized spacial score (nSPS) is 11.2. The molecular formula is C27H21ClFN3O4. The fraction of sp³-hybridized carbons (Fsp3) is 0.111. The number of aliphatic carboxylic acids is 1. The highest BCUT2D eigenvalue weighted by molar-refractivity contribution is 6.33. The summed E-state index contributed by atoms with van der Waals surface area (Å²) in [6, 6.07) is 12.7. The van der Waals surface area contributed by atoms with Gasteiger partial charge in [-0.1, -0.05) is 48.5 Å². The Balaban J connectivity index is 2.00. The average molecular weight is 506 g/mol. The van der Waals surface area contributed by atoms with Gasteiger partial charge in [-0.3, -0.25) is 9.79 Å². The number of amides is 1. The second-order valence-electron chi connectivity index (χ2n) is 7.59. The van der Waals surface area contributed by atoms with Gasteiger partial charge in [0.05, 0.1) is 24.4 Å². The number of hydrogen-bond donors (Lipinski definition) is 2. The van der Waals surface area contributed by atoms with Crippen LogP contribution in [-0.4, -0.2) is 36.9 Å². The van der Waals surface area contributed by atoms with Crippen LogP contribution in [0.3, 0.4) is 0 Å². The molecule has 0 aliphatic heterocycles. The lowest BCUT2D eigenvalue weighted by Crippen LogP contribution is -2.42. The van der Waals surface area contributed by atoms with Crippen molar-refractivity contribution in [1.82, 2.24) is 5.32 Å². The van der Waals surface area contributed by atoms with Crippen molar-refractivity contribution >= 4 is 42.0 Å². The molecule has 36 heavy (non-hydrogen) atoms. The summed E-state index contributed by atoms with van der Waals surface area (Å²) in [6.45, 7) is 7.44. The smallest absolute Gasteiger partial charge is 0.326 e. The standard InChI is InChI=1S/C27H21ClFN3O4/c1-4-17-16(9-11-19(25(17)31-2)18-10-8-15(14-30)12-20(18)28)13-22(27(34)35)32-26(33)24-21(29)6-5-7-23(24)36-3/h4-12,22H,1-2,13H2,3H3,(H,32,33)(H,34,35)/t22-/m0/s1. The topological polar surface area (TPSA) is 112 Å². The highest BCUT2D eigenvalue weighted by Crippen LogP contribution is 2.39. The molecule has 0 bridgehead atoms. The number of nitrogens with one attached hydrogen (secondary N) is 1. The zero-order chi connectivity index (χ0) is 26.4. The van der Waals surface area contributed by atoms with Gasteiger partial charge in [-0.2, -0.15) is 5.26 Å². The van der Waals surface area contributed by atoms with Crippen molar-refractivity contribution in [2.24, 2.45) is 4.99 Å². The van der Waals surface area contributed by atoms with Gasteiger partial charge in [0.2, 0.25) is 0 Å². The third-order valence-electron chi connectivity index (χ3n) is 5.51. The molecule has 3 aromatic carbocycles. The monoisotopic (exact) mass is 505 g/mol. The van der Waals surface area contributed by atoms with Crippen LogP contribution in [0.15, 0.2) is 60.1 Å². The Morgan fingerprint density at radius 1 is 1.28 bits per heavy atom. The minimum Gasteiger partial charge on any atom is -0.496 e. The molecule has 182 valence electrons. The van der Waals surface area contributed by atoms with E-state index in [-0.39, 0.29) is 12.2 Å². The van der Waals surface area contributed by atoms with E-state index >= 15 is 0 Å². The van der Waals surface area contributed by atoms with Crippen LogP contribution in [0.5, 0.6) is 5.75 Å². The summed E-state index contributed by atoms with van der Waals surface area (Å²) >= 11 is 6.38. The number of nitriles is 1. The van der Waals surface area contributed by atoms with Gasteiger partial charge in [-0.15, -0.1) is 0 Å². The highest BCUT2D eigenvalue weighted by Gasteiger charge is 2.26. The summed E-state index contributed by atoms with van der Waals surface area (Å²) < 4.78 is 19.4. The first kappa shape index (κ1) is 26.1. The van der Waals surface area contributed by atoms with Crippen molar-refractivity contribution in [1.29, 1.82) is 5.26 Å². The van der Waals surface area contributed by atoms with Crippen molar-refractivity contribution in [3.8, 4) is 22.9 Å². The number of carbonyl (C=O) groups is 2. The van der Waals surface area contributed by atoms with Gasteiger partial charge in [-0.25, -0.2) is 9.18 Å². The lowest BCUT2D eigenvalue weighted by atomic mass is 9.92. The number of carbonyl (C=O) groups excluding carboxylic acids is 1. The molecule has 2 N–H and O–H groups in total. The SMILES string of the molecule is C=Cc1c(C[C@H](NC(=O)c2c(F)cccc2OC)C(=O)O)ccc(-c2ccc(C#N)cc2Cl)c1N=C. The van der Waals surface area contributed by atoms with E-state index in [4.69, 9.17) is 21.6 Å². The number of rotatable bonds is 9. The summed E-state index contributed by atoms with van der Waals surface area (Å²) in [5.74, 6) is -3.11. The number of halogens is 2. The van der Waals surface area contributed by atoms with Gasteiger partial charge in [0.15, 0.2) is 0 Å². The predicted molar refractivity (Wildman–Crippen MR) is 136 cm³/mol.